The van der Waals surface area contributed by atoms with Crippen molar-refractivity contribution in [3.63, 3.8) is 0 Å². The van der Waals surface area contributed by atoms with Crippen LogP contribution in [0.5, 0.6) is 0 Å². The van der Waals surface area contributed by atoms with Gasteiger partial charge in [0.05, 0.1) is 5.52 Å². The lowest BCUT2D eigenvalue weighted by molar-refractivity contribution is -0.111. The molecule has 0 unspecified atom stereocenters. The molecule has 5 rings (SSSR count). The summed E-state index contributed by atoms with van der Waals surface area (Å²) in [6, 6.07) is 14.0. The molecule has 0 spiro atoms. The van der Waals surface area contributed by atoms with Gasteiger partial charge in [-0.25, -0.2) is 9.97 Å². The fraction of sp³-hybridized carbons (Fsp3) is 0.259. The molecule has 0 radical (unpaired) electrons. The number of hydrogen-bond donors (Lipinski definition) is 3. The molecule has 9 heteroatoms. The van der Waals surface area contributed by atoms with E-state index in [9.17, 15) is 4.79 Å². The highest BCUT2D eigenvalue weighted by Crippen LogP contribution is 2.32. The molecule has 3 N–H and O–H groups in total. The Labute approximate surface area is 210 Å². The molecule has 3 heterocycles. The normalized spacial score (nSPS) is 14.1. The molecular weight excluding hydrogens is 452 g/mol. The molecule has 1 aliphatic heterocycles. The first kappa shape index (κ1) is 23.5. The number of amides is 1. The largest absolute Gasteiger partial charge is 0.369 e. The van der Waals surface area contributed by atoms with E-state index in [4.69, 9.17) is 9.97 Å². The Kier molecular flexibility index (Phi) is 6.39. The molecule has 1 aliphatic rings. The lowest BCUT2D eigenvalue weighted by Crippen LogP contribution is -2.44. The summed E-state index contributed by atoms with van der Waals surface area (Å²) in [5.74, 6) is 1.74. The number of anilines is 4. The lowest BCUT2D eigenvalue weighted by Gasteiger charge is -2.34. The van der Waals surface area contributed by atoms with Gasteiger partial charge in [-0.05, 0) is 68.9 Å². The molecule has 0 saturated carbocycles. The third kappa shape index (κ3) is 4.92. The van der Waals surface area contributed by atoms with Crippen LogP contribution in [0.25, 0.3) is 22.3 Å². The number of nitrogens with zero attached hydrogens (tertiary/aromatic N) is 5. The second-order valence-corrected chi connectivity index (χ2v) is 9.17. The van der Waals surface area contributed by atoms with Crippen LogP contribution in [0.3, 0.4) is 0 Å². The van der Waals surface area contributed by atoms with Gasteiger partial charge in [0, 0.05) is 60.3 Å². The van der Waals surface area contributed by atoms with Crippen LogP contribution in [0.4, 0.5) is 23.0 Å². The third-order valence-electron chi connectivity index (χ3n) is 6.42. The average Bonchev–Trinajstić information content (AvgIpc) is 3.28. The van der Waals surface area contributed by atoms with Crippen molar-refractivity contribution in [3.05, 3.63) is 66.4 Å². The highest BCUT2D eigenvalue weighted by atomic mass is 16.1. The average molecular weight is 483 g/mol. The van der Waals surface area contributed by atoms with E-state index in [-0.39, 0.29) is 5.91 Å². The number of rotatable bonds is 6. The fourth-order valence-electron chi connectivity index (χ4n) is 4.38. The smallest absolute Gasteiger partial charge is 0.247 e. The number of hydrogen-bond acceptors (Lipinski definition) is 7. The molecular formula is C27H30N8O. The Bertz CT molecular complexity index is 1440. The molecule has 184 valence electrons. The van der Waals surface area contributed by atoms with Crippen LogP contribution in [0.1, 0.15) is 11.3 Å². The van der Waals surface area contributed by atoms with Crippen LogP contribution in [0.15, 0.2) is 55.1 Å². The Balaban J connectivity index is 1.58. The number of aromatic nitrogens is 4. The van der Waals surface area contributed by atoms with Crippen molar-refractivity contribution in [2.45, 2.75) is 13.8 Å². The highest BCUT2D eigenvalue weighted by molar-refractivity contribution is 5.99. The van der Waals surface area contributed by atoms with Crippen molar-refractivity contribution in [1.82, 2.24) is 25.1 Å². The predicted molar refractivity (Wildman–Crippen MR) is 145 cm³/mol. The lowest BCUT2D eigenvalue weighted by atomic mass is 10.1. The van der Waals surface area contributed by atoms with Crippen molar-refractivity contribution in [3.8, 4) is 11.4 Å². The summed E-state index contributed by atoms with van der Waals surface area (Å²) in [5.41, 5.74) is 5.51. The van der Waals surface area contributed by atoms with Crippen LogP contribution >= 0.6 is 0 Å². The molecule has 4 aromatic rings. The first-order valence-electron chi connectivity index (χ1n) is 12.0. The van der Waals surface area contributed by atoms with Gasteiger partial charge in [-0.1, -0.05) is 6.58 Å². The van der Waals surface area contributed by atoms with Crippen molar-refractivity contribution in [2.75, 3.05) is 48.8 Å². The fourth-order valence-corrected chi connectivity index (χ4v) is 4.38. The second-order valence-electron chi connectivity index (χ2n) is 9.17. The van der Waals surface area contributed by atoms with Gasteiger partial charge in [-0.2, -0.15) is 5.10 Å². The molecule has 1 saturated heterocycles. The Hall–Kier alpha value is -4.24. The van der Waals surface area contributed by atoms with Gasteiger partial charge in [0.15, 0.2) is 11.6 Å². The number of carbonyl (C=O) groups is 1. The second kappa shape index (κ2) is 9.79. The number of aryl methyl sites for hydroxylation is 2. The Morgan fingerprint density at radius 1 is 1.06 bits per heavy atom. The van der Waals surface area contributed by atoms with Gasteiger partial charge in [-0.3, -0.25) is 9.89 Å². The van der Waals surface area contributed by atoms with E-state index in [2.05, 4.69) is 62.5 Å². The molecule has 2 aromatic heterocycles. The number of aromatic amines is 1. The zero-order valence-corrected chi connectivity index (χ0v) is 20.8. The van der Waals surface area contributed by atoms with E-state index in [0.29, 0.717) is 23.1 Å². The van der Waals surface area contributed by atoms with Crippen LogP contribution < -0.4 is 15.5 Å². The quantitative estimate of drug-likeness (QED) is 0.353. The van der Waals surface area contributed by atoms with Crippen LogP contribution in [-0.4, -0.2) is 64.2 Å². The minimum absolute atomic E-state index is 0.249. The molecule has 0 atom stereocenters. The summed E-state index contributed by atoms with van der Waals surface area (Å²) in [4.78, 5) is 26.3. The predicted octanol–water partition coefficient (Wildman–Crippen LogP) is 4.26. The number of nitrogens with one attached hydrogen (secondary N) is 3. The van der Waals surface area contributed by atoms with E-state index in [1.165, 1.54) is 6.08 Å². The van der Waals surface area contributed by atoms with Crippen molar-refractivity contribution in [1.29, 1.82) is 0 Å². The van der Waals surface area contributed by atoms with E-state index in [1.807, 2.05) is 38.1 Å². The number of piperazine rings is 1. The SMILES string of the molecule is C=CC(=O)Nc1ccc(-c2nc(Nc3cc(C)[nH]n3)c3ccc(N4CCN(C)CC4)cc3n2)c(C)c1. The van der Waals surface area contributed by atoms with Gasteiger partial charge < -0.3 is 20.4 Å². The molecule has 36 heavy (non-hydrogen) atoms. The summed E-state index contributed by atoms with van der Waals surface area (Å²) in [6.07, 6.45) is 1.25. The number of likely N-dealkylation sites (N-methyl/N-ethyl adjacent to an activating group) is 1. The van der Waals surface area contributed by atoms with E-state index in [1.54, 1.807) is 0 Å². The number of H-pyrrole nitrogens is 1. The maximum atomic E-state index is 11.7. The first-order chi connectivity index (χ1) is 17.4. The molecule has 0 bridgehead atoms. The maximum Gasteiger partial charge on any atom is 0.247 e. The van der Waals surface area contributed by atoms with Crippen molar-refractivity contribution < 1.29 is 4.79 Å². The van der Waals surface area contributed by atoms with Gasteiger partial charge in [0.25, 0.3) is 0 Å². The topological polar surface area (TPSA) is 102 Å². The first-order valence-corrected chi connectivity index (χ1v) is 12.0. The van der Waals surface area contributed by atoms with E-state index >= 15 is 0 Å². The van der Waals surface area contributed by atoms with E-state index < -0.39 is 0 Å². The van der Waals surface area contributed by atoms with Crippen LogP contribution in [-0.2, 0) is 4.79 Å². The van der Waals surface area contributed by atoms with Gasteiger partial charge >= 0.3 is 0 Å². The summed E-state index contributed by atoms with van der Waals surface area (Å²) in [6.45, 7) is 11.5. The standard InChI is InChI=1S/C27H30N8O/c1-5-25(36)28-19-6-8-21(17(2)14-19)26-29-23-16-20(35-12-10-34(4)11-13-35)7-9-22(23)27(31-26)30-24-15-18(3)32-33-24/h5-9,14-16H,1,10-13H2,2-4H3,(H,28,36)(H2,29,30,31,32,33). The van der Waals surface area contributed by atoms with Gasteiger partial charge in [0.1, 0.15) is 5.82 Å². The summed E-state index contributed by atoms with van der Waals surface area (Å²) in [7, 11) is 2.16. The monoisotopic (exact) mass is 482 g/mol. The molecule has 1 fully saturated rings. The maximum absolute atomic E-state index is 11.7. The third-order valence-corrected chi connectivity index (χ3v) is 6.42. The molecule has 1 amide bonds. The zero-order chi connectivity index (χ0) is 25.2. The van der Waals surface area contributed by atoms with Crippen molar-refractivity contribution in [2.24, 2.45) is 0 Å². The molecule has 0 aliphatic carbocycles. The van der Waals surface area contributed by atoms with Crippen LogP contribution in [0, 0.1) is 13.8 Å². The zero-order valence-electron chi connectivity index (χ0n) is 20.8. The molecule has 2 aromatic carbocycles. The minimum Gasteiger partial charge on any atom is -0.369 e. The summed E-state index contributed by atoms with van der Waals surface area (Å²) < 4.78 is 0. The van der Waals surface area contributed by atoms with E-state index in [0.717, 1.165) is 59.6 Å². The highest BCUT2D eigenvalue weighted by Gasteiger charge is 2.17. The molecule has 9 nitrogen and oxygen atoms in total. The summed E-state index contributed by atoms with van der Waals surface area (Å²) in [5, 5.41) is 14.4. The number of benzene rings is 2. The number of carbonyl (C=O) groups excluding carboxylic acids is 1. The van der Waals surface area contributed by atoms with Gasteiger partial charge in [-0.15, -0.1) is 0 Å². The van der Waals surface area contributed by atoms with Crippen molar-refractivity contribution >= 4 is 39.8 Å². The number of fused-ring (bicyclic) bond motifs is 1. The Morgan fingerprint density at radius 3 is 2.56 bits per heavy atom. The van der Waals surface area contributed by atoms with Gasteiger partial charge in [0.2, 0.25) is 5.91 Å². The van der Waals surface area contributed by atoms with Crippen LogP contribution in [0.2, 0.25) is 0 Å². The Morgan fingerprint density at radius 2 is 1.86 bits per heavy atom. The summed E-state index contributed by atoms with van der Waals surface area (Å²) >= 11 is 0. The minimum atomic E-state index is -0.249.